The number of carboxylic acids is 1. The maximum absolute atomic E-state index is 12.4. The fourth-order valence-corrected chi connectivity index (χ4v) is 2.98. The van der Waals surface area contributed by atoms with Crippen LogP contribution in [0.5, 0.6) is 0 Å². The Hall–Kier alpha value is -1.58. The van der Waals surface area contributed by atoms with E-state index in [0.717, 1.165) is 0 Å². The number of carbonyl (C=O) groups is 2. The van der Waals surface area contributed by atoms with Crippen LogP contribution in [0.25, 0.3) is 0 Å². The summed E-state index contributed by atoms with van der Waals surface area (Å²) in [7, 11) is 0. The topological polar surface area (TPSA) is 134 Å². The number of carbonyl (C=O) groups excluding carboxylic acids is 1. The van der Waals surface area contributed by atoms with Crippen molar-refractivity contribution in [3.63, 3.8) is 0 Å². The molecule has 8 nitrogen and oxygen atoms in total. The van der Waals surface area contributed by atoms with Crippen LogP contribution >= 0.6 is 0 Å². The highest BCUT2D eigenvalue weighted by Crippen LogP contribution is 2.42. The van der Waals surface area contributed by atoms with Gasteiger partial charge in [-0.25, -0.2) is 4.79 Å². The van der Waals surface area contributed by atoms with Crippen molar-refractivity contribution in [3.8, 4) is 0 Å². The Morgan fingerprint density at radius 3 is 2.75 bits per heavy atom. The van der Waals surface area contributed by atoms with Gasteiger partial charge in [0.15, 0.2) is 11.9 Å². The third-order valence-corrected chi connectivity index (χ3v) is 4.54. The van der Waals surface area contributed by atoms with E-state index >= 15 is 0 Å². The van der Waals surface area contributed by atoms with Crippen LogP contribution in [0.15, 0.2) is 23.8 Å². The van der Waals surface area contributed by atoms with Crippen molar-refractivity contribution in [2.45, 2.75) is 43.9 Å². The summed E-state index contributed by atoms with van der Waals surface area (Å²) in [6, 6.07) is 0. The molecule has 4 N–H and O–H groups in total. The Morgan fingerprint density at radius 2 is 2.17 bits per heavy atom. The average Bonchev–Trinajstić information content (AvgIpc) is 2.88. The first-order valence-corrected chi connectivity index (χ1v) is 7.63. The Kier molecular flexibility index (Phi) is 5.56. The number of aliphatic hydroxyl groups is 3. The molecule has 134 valence electrons. The second-order valence-corrected chi connectivity index (χ2v) is 6.10. The van der Waals surface area contributed by atoms with Gasteiger partial charge in [-0.05, 0) is 19.8 Å². The maximum Gasteiger partial charge on any atom is 0.330 e. The summed E-state index contributed by atoms with van der Waals surface area (Å²) in [4.78, 5) is 23.1. The summed E-state index contributed by atoms with van der Waals surface area (Å²) in [5, 5.41) is 38.6. The predicted molar refractivity (Wildman–Crippen MR) is 80.9 cm³/mol. The molecular formula is C16H22O8. The molecular weight excluding hydrogens is 320 g/mol. The second kappa shape index (κ2) is 7.12. The summed E-state index contributed by atoms with van der Waals surface area (Å²) < 4.78 is 10.6. The van der Waals surface area contributed by atoms with Crippen molar-refractivity contribution in [2.75, 3.05) is 13.2 Å². The molecule has 0 spiro atoms. The van der Waals surface area contributed by atoms with Gasteiger partial charge in [0.1, 0.15) is 12.2 Å². The highest BCUT2D eigenvalue weighted by Gasteiger charge is 2.63. The van der Waals surface area contributed by atoms with Crippen molar-refractivity contribution in [1.82, 2.24) is 0 Å². The van der Waals surface area contributed by atoms with E-state index in [0.29, 0.717) is 18.4 Å². The maximum atomic E-state index is 12.4. The van der Waals surface area contributed by atoms with Crippen molar-refractivity contribution in [1.29, 1.82) is 0 Å². The second-order valence-electron chi connectivity index (χ2n) is 6.10. The van der Waals surface area contributed by atoms with E-state index < -0.39 is 48.4 Å². The smallest absolute Gasteiger partial charge is 0.330 e. The molecule has 5 atom stereocenters. The quantitative estimate of drug-likeness (QED) is 0.371. The molecule has 2 rings (SSSR count). The van der Waals surface area contributed by atoms with E-state index in [4.69, 9.17) is 19.7 Å². The molecule has 2 aliphatic heterocycles. The molecule has 0 saturated carbocycles. The fraction of sp³-hybridized carbons (Fsp3) is 0.625. The van der Waals surface area contributed by atoms with Crippen LogP contribution in [0.2, 0.25) is 0 Å². The van der Waals surface area contributed by atoms with Gasteiger partial charge in [0.05, 0.1) is 13.2 Å². The van der Waals surface area contributed by atoms with Crippen molar-refractivity contribution >= 4 is 11.8 Å². The standard InChI is InChI=1S/C16H22O8/c1-8(4-3-5-9(2)14(20)21)10-7-23-15-16(10,22)13(19)12(18)11(6-17)24-15/h5,10-12,15,17-18,22H,1,3-4,6-7H2,2H3,(H,20,21)/b9-5+/t10-,11-,12-,15-,16-/m0/s1. The number of ether oxygens (including phenoxy) is 2. The number of allylic oxidation sites excluding steroid dienone is 1. The number of hydrogen-bond donors (Lipinski definition) is 4. The van der Waals surface area contributed by atoms with Gasteiger partial charge in [0.25, 0.3) is 0 Å². The van der Waals surface area contributed by atoms with E-state index in [1.807, 2.05) is 0 Å². The first-order chi connectivity index (χ1) is 11.2. The molecule has 2 aliphatic rings. The number of carboxylic acid groups (broad SMARTS) is 1. The lowest BCUT2D eigenvalue weighted by Crippen LogP contribution is -2.64. The summed E-state index contributed by atoms with van der Waals surface area (Å²) in [6.07, 6.45) is -1.81. The zero-order valence-electron chi connectivity index (χ0n) is 13.3. The molecule has 2 fully saturated rings. The van der Waals surface area contributed by atoms with Gasteiger partial charge in [-0.3, -0.25) is 4.79 Å². The zero-order valence-corrected chi connectivity index (χ0v) is 13.3. The lowest BCUT2D eigenvalue weighted by atomic mass is 9.76. The number of aliphatic carboxylic acids is 1. The normalized spacial score (nSPS) is 36.5. The first-order valence-electron chi connectivity index (χ1n) is 7.63. The molecule has 0 aromatic heterocycles. The molecule has 0 aromatic rings. The van der Waals surface area contributed by atoms with Gasteiger partial charge in [-0.15, -0.1) is 0 Å². The van der Waals surface area contributed by atoms with E-state index in [1.54, 1.807) is 0 Å². The fourth-order valence-electron chi connectivity index (χ4n) is 2.98. The summed E-state index contributed by atoms with van der Waals surface area (Å²) in [5.41, 5.74) is -1.37. The number of Topliss-reactive ketones (excluding diaryl/α,β-unsaturated/α-hetero) is 1. The summed E-state index contributed by atoms with van der Waals surface area (Å²) >= 11 is 0. The Morgan fingerprint density at radius 1 is 1.50 bits per heavy atom. The van der Waals surface area contributed by atoms with Gasteiger partial charge in [0.2, 0.25) is 5.78 Å². The lowest BCUT2D eigenvalue weighted by molar-refractivity contribution is -0.259. The molecule has 0 aromatic carbocycles. The first kappa shape index (κ1) is 18.8. The third kappa shape index (κ3) is 3.15. The van der Waals surface area contributed by atoms with Crippen LogP contribution in [0.1, 0.15) is 19.8 Å². The van der Waals surface area contributed by atoms with Crippen molar-refractivity contribution in [3.05, 3.63) is 23.8 Å². The molecule has 0 amide bonds. The van der Waals surface area contributed by atoms with Crippen molar-refractivity contribution < 1.29 is 39.5 Å². The van der Waals surface area contributed by atoms with E-state index in [-0.39, 0.29) is 12.2 Å². The molecule has 24 heavy (non-hydrogen) atoms. The minimum Gasteiger partial charge on any atom is -0.478 e. The zero-order chi connectivity index (χ0) is 18.1. The van der Waals surface area contributed by atoms with E-state index in [9.17, 15) is 19.8 Å². The molecule has 2 saturated heterocycles. The van der Waals surface area contributed by atoms with Crippen LogP contribution < -0.4 is 0 Å². The molecule has 0 bridgehead atoms. The van der Waals surface area contributed by atoms with E-state index in [1.165, 1.54) is 13.0 Å². The summed E-state index contributed by atoms with van der Waals surface area (Å²) in [5.74, 6) is -2.65. The van der Waals surface area contributed by atoms with Crippen LogP contribution in [0.3, 0.4) is 0 Å². The molecule has 0 aliphatic carbocycles. The van der Waals surface area contributed by atoms with Gasteiger partial charge >= 0.3 is 5.97 Å². The van der Waals surface area contributed by atoms with E-state index in [2.05, 4.69) is 6.58 Å². The summed E-state index contributed by atoms with van der Waals surface area (Å²) in [6.45, 7) is 4.74. The van der Waals surface area contributed by atoms with Crippen molar-refractivity contribution in [2.24, 2.45) is 5.92 Å². The SMILES string of the molecule is C=C(CC/C=C(\C)C(=O)O)[C@@H]1CO[C@H]2O[C@@H](CO)[C@H](O)C(=O)[C@]21O. The highest BCUT2D eigenvalue weighted by molar-refractivity contribution is 5.93. The van der Waals surface area contributed by atoms with Crippen LogP contribution in [0, 0.1) is 5.92 Å². The molecule has 0 unspecified atom stereocenters. The van der Waals surface area contributed by atoms with Gasteiger partial charge in [-0.1, -0.05) is 18.2 Å². The van der Waals surface area contributed by atoms with Crippen LogP contribution in [-0.2, 0) is 19.1 Å². The van der Waals surface area contributed by atoms with Crippen LogP contribution in [-0.4, -0.2) is 69.5 Å². The third-order valence-electron chi connectivity index (χ3n) is 4.54. The molecule has 8 heteroatoms. The number of rotatable bonds is 6. The minimum absolute atomic E-state index is 0.0156. The minimum atomic E-state index is -2.06. The lowest BCUT2D eigenvalue weighted by Gasteiger charge is -2.41. The molecule has 0 radical (unpaired) electrons. The Balaban J connectivity index is 2.09. The highest BCUT2D eigenvalue weighted by atomic mass is 16.7. The van der Waals surface area contributed by atoms with Crippen LogP contribution in [0.4, 0.5) is 0 Å². The molecule has 2 heterocycles. The van der Waals surface area contributed by atoms with Gasteiger partial charge in [0, 0.05) is 11.5 Å². The Bertz CT molecular complexity index is 568. The number of ketones is 1. The Labute approximate surface area is 139 Å². The number of fused-ring (bicyclic) bond motifs is 1. The largest absolute Gasteiger partial charge is 0.478 e. The average molecular weight is 342 g/mol. The van der Waals surface area contributed by atoms with Gasteiger partial charge in [-0.2, -0.15) is 0 Å². The number of aliphatic hydroxyl groups excluding tert-OH is 2. The predicted octanol–water partition coefficient (Wildman–Crippen LogP) is -0.622. The number of hydrogen-bond acceptors (Lipinski definition) is 7. The van der Waals surface area contributed by atoms with Gasteiger partial charge < -0.3 is 29.9 Å². The monoisotopic (exact) mass is 342 g/mol.